The molecule has 6 heteroatoms. The van der Waals surface area contributed by atoms with Crippen LogP contribution in [-0.4, -0.2) is 38.4 Å². The van der Waals surface area contributed by atoms with Crippen LogP contribution in [0.15, 0.2) is 54.9 Å². The molecule has 36 heavy (non-hydrogen) atoms. The summed E-state index contributed by atoms with van der Waals surface area (Å²) in [7, 11) is 0. The lowest BCUT2D eigenvalue weighted by Gasteiger charge is -2.54. The Bertz CT molecular complexity index is 1280. The molecule has 0 aliphatic heterocycles. The molecule has 8 rings (SSSR count). The van der Waals surface area contributed by atoms with Crippen molar-refractivity contribution in [3.63, 3.8) is 0 Å². The summed E-state index contributed by atoms with van der Waals surface area (Å²) in [6, 6.07) is 15.3. The smallest absolute Gasteiger partial charge is 0.0928 e. The van der Waals surface area contributed by atoms with Gasteiger partial charge in [0.1, 0.15) is 0 Å². The van der Waals surface area contributed by atoms with Gasteiger partial charge in [-0.05, 0) is 105 Å². The van der Waals surface area contributed by atoms with Gasteiger partial charge in [0.2, 0.25) is 0 Å². The summed E-state index contributed by atoms with van der Waals surface area (Å²) >= 11 is 0. The van der Waals surface area contributed by atoms with Gasteiger partial charge in [0.15, 0.2) is 0 Å². The number of unbranched alkanes of at least 4 members (excludes halogenated alkanes) is 1. The Morgan fingerprint density at radius 1 is 0.861 bits per heavy atom. The maximum atomic E-state index is 6.14. The molecule has 0 spiro atoms. The van der Waals surface area contributed by atoms with Crippen molar-refractivity contribution in [3.8, 4) is 0 Å². The van der Waals surface area contributed by atoms with Crippen LogP contribution < -0.4 is 5.32 Å². The molecule has 4 saturated carbocycles. The number of aromatic nitrogens is 4. The Morgan fingerprint density at radius 3 is 2.44 bits per heavy atom. The number of fused-ring (bicyclic) bond motifs is 2. The number of rotatable bonds is 10. The third-order valence-corrected chi connectivity index (χ3v) is 9.06. The molecule has 0 amide bonds. The second-order valence-corrected chi connectivity index (χ2v) is 11.5. The Morgan fingerprint density at radius 2 is 1.64 bits per heavy atom. The quantitative estimate of drug-likeness (QED) is 0.312. The Kier molecular flexibility index (Phi) is 6.02. The fraction of sp³-hybridized carbons (Fsp3) is 0.533. The third-order valence-electron chi connectivity index (χ3n) is 9.06. The van der Waals surface area contributed by atoms with Crippen molar-refractivity contribution in [2.24, 2.45) is 23.7 Å². The third kappa shape index (κ3) is 4.35. The topological polar surface area (TPSA) is 55.9 Å². The van der Waals surface area contributed by atoms with Crippen LogP contribution in [0.25, 0.3) is 11.0 Å². The zero-order valence-corrected chi connectivity index (χ0v) is 21.1. The van der Waals surface area contributed by atoms with Crippen molar-refractivity contribution in [1.29, 1.82) is 0 Å². The summed E-state index contributed by atoms with van der Waals surface area (Å²) in [6.45, 7) is 2.46. The fourth-order valence-corrected chi connectivity index (χ4v) is 7.69. The first-order chi connectivity index (χ1) is 17.8. The molecule has 0 atom stereocenters. The molecular formula is C30H37N5O. The molecule has 4 fully saturated rings. The molecule has 188 valence electrons. The summed E-state index contributed by atoms with van der Waals surface area (Å²) < 4.78 is 10.1. The van der Waals surface area contributed by atoms with E-state index in [4.69, 9.17) is 14.9 Å². The number of hydrogen-bond donors (Lipinski definition) is 1. The molecule has 0 radical (unpaired) electrons. The summed E-state index contributed by atoms with van der Waals surface area (Å²) in [6.07, 6.45) is 14.5. The molecule has 4 aliphatic rings. The summed E-state index contributed by atoms with van der Waals surface area (Å²) in [5.74, 6) is 4.02. The van der Waals surface area contributed by atoms with Gasteiger partial charge < -0.3 is 10.1 Å². The number of nitrogens with one attached hydrogen (secondary N) is 1. The van der Waals surface area contributed by atoms with Crippen LogP contribution in [-0.2, 0) is 17.8 Å². The second-order valence-electron chi connectivity index (χ2n) is 11.5. The van der Waals surface area contributed by atoms with E-state index in [9.17, 15) is 0 Å². The molecular weight excluding hydrogens is 446 g/mol. The Hall–Kier alpha value is -2.70. The van der Waals surface area contributed by atoms with Crippen molar-refractivity contribution in [3.05, 3.63) is 71.8 Å². The van der Waals surface area contributed by atoms with Gasteiger partial charge in [-0.25, -0.2) is 9.03 Å². The summed E-state index contributed by atoms with van der Waals surface area (Å²) in [5, 5.41) is 13.6. The van der Waals surface area contributed by atoms with Crippen molar-refractivity contribution in [1.82, 2.24) is 24.5 Å². The van der Waals surface area contributed by atoms with Crippen LogP contribution in [0.4, 0.5) is 0 Å². The SMILES string of the molecule is c1ccn2nc(Cc3c(COCCCCNC4C5CC6CC(C5)CC4C6)nn4ccccc34)cc2c1. The van der Waals surface area contributed by atoms with E-state index in [1.54, 1.807) is 0 Å². The van der Waals surface area contributed by atoms with E-state index in [0.717, 1.165) is 78.1 Å². The Balaban J connectivity index is 0.928. The van der Waals surface area contributed by atoms with Gasteiger partial charge in [0.05, 0.1) is 29.0 Å². The number of ether oxygens (including phenoxy) is 1. The highest BCUT2D eigenvalue weighted by Crippen LogP contribution is 2.53. The first-order valence-corrected chi connectivity index (χ1v) is 14.0. The van der Waals surface area contributed by atoms with Gasteiger partial charge in [-0.3, -0.25) is 0 Å². The van der Waals surface area contributed by atoms with Crippen LogP contribution in [0.5, 0.6) is 0 Å². The standard InChI is InChI=1S/C30H37N5O/c1-4-10-34-26(7-1)18-25(32-34)19-27-28(33-35-11-5-2-8-29(27)35)20-36-12-6-3-9-31-30-23-14-21-13-22(16-23)17-24(30)15-21/h1-2,4-5,7-8,10-11,18,21-24,30-31H,3,6,9,12-17,19-20H2. The monoisotopic (exact) mass is 483 g/mol. The highest BCUT2D eigenvalue weighted by molar-refractivity contribution is 5.58. The van der Waals surface area contributed by atoms with Gasteiger partial charge in [-0.2, -0.15) is 10.2 Å². The minimum absolute atomic E-state index is 0.549. The molecule has 6 nitrogen and oxygen atoms in total. The first-order valence-electron chi connectivity index (χ1n) is 14.0. The molecule has 0 unspecified atom stereocenters. The molecule has 0 aromatic carbocycles. The normalized spacial score (nSPS) is 26.9. The lowest BCUT2D eigenvalue weighted by atomic mass is 9.54. The number of nitrogens with zero attached hydrogens (tertiary/aromatic N) is 4. The van der Waals surface area contributed by atoms with Crippen molar-refractivity contribution < 1.29 is 4.74 Å². The van der Waals surface area contributed by atoms with Gasteiger partial charge in [0, 0.05) is 37.0 Å². The first kappa shape index (κ1) is 22.5. The zero-order chi connectivity index (χ0) is 23.9. The van der Waals surface area contributed by atoms with Crippen LogP contribution >= 0.6 is 0 Å². The molecule has 0 saturated heterocycles. The molecule has 4 heterocycles. The number of pyridine rings is 2. The van der Waals surface area contributed by atoms with Crippen molar-refractivity contribution in [2.45, 2.75) is 64.0 Å². The van der Waals surface area contributed by atoms with Crippen molar-refractivity contribution >= 4 is 11.0 Å². The van der Waals surface area contributed by atoms with Gasteiger partial charge >= 0.3 is 0 Å². The predicted molar refractivity (Wildman–Crippen MR) is 141 cm³/mol. The highest BCUT2D eigenvalue weighted by Gasteiger charge is 2.47. The molecule has 1 N–H and O–H groups in total. The Labute approximate surface area is 213 Å². The predicted octanol–water partition coefficient (Wildman–Crippen LogP) is 5.28. The van der Waals surface area contributed by atoms with Gasteiger partial charge in [-0.15, -0.1) is 0 Å². The highest BCUT2D eigenvalue weighted by atomic mass is 16.5. The second kappa shape index (κ2) is 9.64. The van der Waals surface area contributed by atoms with Crippen LogP contribution in [0.1, 0.15) is 61.9 Å². The average Bonchev–Trinajstić information content (AvgIpc) is 3.45. The lowest BCUT2D eigenvalue weighted by molar-refractivity contribution is -0.0137. The van der Waals surface area contributed by atoms with E-state index < -0.39 is 0 Å². The molecule has 4 aromatic heterocycles. The van der Waals surface area contributed by atoms with E-state index in [1.807, 2.05) is 39.6 Å². The average molecular weight is 484 g/mol. The summed E-state index contributed by atoms with van der Waals surface area (Å²) in [5.41, 5.74) is 5.53. The fourth-order valence-electron chi connectivity index (χ4n) is 7.69. The van der Waals surface area contributed by atoms with Gasteiger partial charge in [-0.1, -0.05) is 12.1 Å². The number of hydrogen-bond acceptors (Lipinski definition) is 4. The zero-order valence-electron chi connectivity index (χ0n) is 21.1. The van der Waals surface area contributed by atoms with Crippen LogP contribution in [0.2, 0.25) is 0 Å². The minimum Gasteiger partial charge on any atom is -0.375 e. The van der Waals surface area contributed by atoms with E-state index in [1.165, 1.54) is 44.1 Å². The largest absolute Gasteiger partial charge is 0.375 e. The maximum Gasteiger partial charge on any atom is 0.0928 e. The van der Waals surface area contributed by atoms with E-state index in [-0.39, 0.29) is 0 Å². The van der Waals surface area contributed by atoms with Crippen molar-refractivity contribution in [2.75, 3.05) is 13.2 Å². The van der Waals surface area contributed by atoms with Crippen LogP contribution in [0.3, 0.4) is 0 Å². The van der Waals surface area contributed by atoms with E-state index in [2.05, 4.69) is 29.6 Å². The lowest BCUT2D eigenvalue weighted by Crippen LogP contribution is -2.54. The van der Waals surface area contributed by atoms with E-state index in [0.29, 0.717) is 6.61 Å². The minimum atomic E-state index is 0.549. The van der Waals surface area contributed by atoms with Crippen LogP contribution in [0, 0.1) is 23.7 Å². The maximum absolute atomic E-state index is 6.14. The molecule has 4 aromatic rings. The summed E-state index contributed by atoms with van der Waals surface area (Å²) in [4.78, 5) is 0. The van der Waals surface area contributed by atoms with E-state index >= 15 is 0 Å². The molecule has 4 aliphatic carbocycles. The molecule has 4 bridgehead atoms. The van der Waals surface area contributed by atoms with Gasteiger partial charge in [0.25, 0.3) is 0 Å².